The molecular formula is C15H17N5O3S. The summed E-state index contributed by atoms with van der Waals surface area (Å²) in [4.78, 5) is 12.1. The molecule has 0 fully saturated rings. The molecule has 0 aliphatic heterocycles. The Kier molecular flexibility index (Phi) is 4.43. The van der Waals surface area contributed by atoms with Crippen molar-refractivity contribution in [3.8, 4) is 11.5 Å². The number of anilines is 1. The second-order valence-corrected chi connectivity index (χ2v) is 6.20. The normalized spacial score (nSPS) is 11.0. The highest BCUT2D eigenvalue weighted by molar-refractivity contribution is 7.99. The molecule has 0 bridgehead atoms. The number of hydrogen-bond donors (Lipinski definition) is 1. The Bertz CT molecular complexity index is 880. The fourth-order valence-corrected chi connectivity index (χ4v) is 2.80. The largest absolute Gasteiger partial charge is 0.469 e. The molecule has 3 heterocycles. The number of nitrogens with zero attached hydrogens (tertiary/aromatic N) is 4. The van der Waals surface area contributed by atoms with Crippen LogP contribution >= 0.6 is 11.8 Å². The van der Waals surface area contributed by atoms with Crippen molar-refractivity contribution < 1.29 is 13.6 Å². The third-order valence-corrected chi connectivity index (χ3v) is 4.41. The first-order chi connectivity index (χ1) is 11.5. The molecule has 3 aromatic rings. The fraction of sp³-hybridized carbons (Fsp3) is 0.333. The highest BCUT2D eigenvalue weighted by Gasteiger charge is 2.16. The van der Waals surface area contributed by atoms with Crippen molar-refractivity contribution in [2.75, 3.05) is 11.1 Å². The maximum atomic E-state index is 12.1. The van der Waals surface area contributed by atoms with Gasteiger partial charge in [-0.2, -0.15) is 5.10 Å². The van der Waals surface area contributed by atoms with E-state index in [2.05, 4.69) is 20.6 Å². The van der Waals surface area contributed by atoms with Gasteiger partial charge >= 0.3 is 0 Å². The third-order valence-electron chi connectivity index (χ3n) is 3.60. The summed E-state index contributed by atoms with van der Waals surface area (Å²) in [5, 5.41) is 15.4. The minimum Gasteiger partial charge on any atom is -0.469 e. The molecule has 3 aromatic heterocycles. The van der Waals surface area contributed by atoms with E-state index < -0.39 is 0 Å². The number of hydrogen-bond acceptors (Lipinski definition) is 7. The number of amides is 1. The van der Waals surface area contributed by atoms with Gasteiger partial charge in [0.25, 0.3) is 11.1 Å². The van der Waals surface area contributed by atoms with Gasteiger partial charge in [-0.25, -0.2) is 0 Å². The number of carbonyl (C=O) groups excluding carboxylic acids is 1. The first kappa shape index (κ1) is 16.3. The van der Waals surface area contributed by atoms with E-state index in [9.17, 15) is 4.79 Å². The van der Waals surface area contributed by atoms with E-state index in [-0.39, 0.29) is 11.7 Å². The predicted molar refractivity (Wildman–Crippen MR) is 88.8 cm³/mol. The molecule has 0 atom stereocenters. The Morgan fingerprint density at radius 1 is 1.33 bits per heavy atom. The summed E-state index contributed by atoms with van der Waals surface area (Å²) in [5.74, 6) is 1.09. The van der Waals surface area contributed by atoms with Gasteiger partial charge in [0.05, 0.1) is 34.7 Å². The molecule has 1 amide bonds. The molecule has 24 heavy (non-hydrogen) atoms. The number of furan rings is 1. The molecule has 0 aromatic carbocycles. The SMILES string of the molecule is Cc1nn(C)c(C)c1NC(=O)CSc1nnc(-c2ccoc2C)o1. The maximum absolute atomic E-state index is 12.1. The van der Waals surface area contributed by atoms with Gasteiger partial charge in [-0.05, 0) is 26.8 Å². The van der Waals surface area contributed by atoms with Crippen LogP contribution in [-0.2, 0) is 11.8 Å². The van der Waals surface area contributed by atoms with Gasteiger partial charge in [0.2, 0.25) is 5.91 Å². The first-order valence-corrected chi connectivity index (χ1v) is 8.25. The predicted octanol–water partition coefficient (Wildman–Crippen LogP) is 2.72. The summed E-state index contributed by atoms with van der Waals surface area (Å²) in [5.41, 5.74) is 3.17. The second kappa shape index (κ2) is 6.52. The summed E-state index contributed by atoms with van der Waals surface area (Å²) in [6, 6.07) is 1.76. The summed E-state index contributed by atoms with van der Waals surface area (Å²) in [7, 11) is 1.84. The molecule has 0 aliphatic rings. The van der Waals surface area contributed by atoms with Crippen molar-refractivity contribution in [2.24, 2.45) is 7.05 Å². The molecular weight excluding hydrogens is 330 g/mol. The van der Waals surface area contributed by atoms with Crippen LogP contribution in [0, 0.1) is 20.8 Å². The van der Waals surface area contributed by atoms with Gasteiger partial charge in [0.15, 0.2) is 0 Å². The summed E-state index contributed by atoms with van der Waals surface area (Å²) in [6.07, 6.45) is 1.56. The third kappa shape index (κ3) is 3.21. The first-order valence-electron chi connectivity index (χ1n) is 7.26. The lowest BCUT2D eigenvalue weighted by atomic mass is 10.3. The molecule has 3 rings (SSSR count). The summed E-state index contributed by atoms with van der Waals surface area (Å²) >= 11 is 1.18. The standard InChI is InChI=1S/C15H17N5O3S/c1-8-13(9(2)20(4)19-8)16-12(21)7-24-15-18-17-14(23-15)11-5-6-22-10(11)3/h5-6H,7H2,1-4H3,(H,16,21). The van der Waals surface area contributed by atoms with Crippen LogP contribution in [0.1, 0.15) is 17.1 Å². The molecule has 0 aliphatic carbocycles. The minimum absolute atomic E-state index is 0.154. The van der Waals surface area contributed by atoms with E-state index in [4.69, 9.17) is 8.83 Å². The Morgan fingerprint density at radius 2 is 2.12 bits per heavy atom. The van der Waals surface area contributed by atoms with E-state index in [1.807, 2.05) is 27.8 Å². The number of thioether (sulfide) groups is 1. The van der Waals surface area contributed by atoms with Crippen LogP contribution in [0.3, 0.4) is 0 Å². The monoisotopic (exact) mass is 347 g/mol. The summed E-state index contributed by atoms with van der Waals surface area (Å²) in [6.45, 7) is 5.58. The molecule has 0 spiro atoms. The van der Waals surface area contributed by atoms with Crippen molar-refractivity contribution in [3.05, 3.63) is 29.5 Å². The number of rotatable bonds is 5. The quantitative estimate of drug-likeness (QED) is 0.708. The zero-order chi connectivity index (χ0) is 17.3. The average molecular weight is 347 g/mol. The van der Waals surface area contributed by atoms with Crippen molar-refractivity contribution in [3.63, 3.8) is 0 Å². The van der Waals surface area contributed by atoms with Crippen LogP contribution in [0.5, 0.6) is 0 Å². The van der Waals surface area contributed by atoms with Crippen LogP contribution in [0.15, 0.2) is 26.4 Å². The van der Waals surface area contributed by atoms with Crippen LogP contribution in [-0.4, -0.2) is 31.6 Å². The number of nitrogens with one attached hydrogen (secondary N) is 1. The Morgan fingerprint density at radius 3 is 2.75 bits per heavy atom. The molecule has 0 saturated heterocycles. The molecule has 0 unspecified atom stereocenters. The molecule has 9 heteroatoms. The Labute approximate surface area is 142 Å². The average Bonchev–Trinajstić information content (AvgIpc) is 3.22. The van der Waals surface area contributed by atoms with E-state index in [0.29, 0.717) is 16.9 Å². The smallest absolute Gasteiger partial charge is 0.277 e. The van der Waals surface area contributed by atoms with Crippen molar-refractivity contribution in [1.29, 1.82) is 0 Å². The molecule has 0 radical (unpaired) electrons. The minimum atomic E-state index is -0.154. The topological polar surface area (TPSA) is 99.0 Å². The second-order valence-electron chi connectivity index (χ2n) is 5.27. The van der Waals surface area contributed by atoms with Crippen LogP contribution in [0.25, 0.3) is 11.5 Å². The van der Waals surface area contributed by atoms with E-state index in [0.717, 1.165) is 22.6 Å². The number of aromatic nitrogens is 4. The Balaban J connectivity index is 1.61. The van der Waals surface area contributed by atoms with Crippen LogP contribution in [0.2, 0.25) is 0 Å². The molecule has 8 nitrogen and oxygen atoms in total. The van der Waals surface area contributed by atoms with Gasteiger partial charge in [-0.15, -0.1) is 10.2 Å². The number of aryl methyl sites for hydroxylation is 3. The van der Waals surface area contributed by atoms with Crippen molar-refractivity contribution >= 4 is 23.4 Å². The van der Waals surface area contributed by atoms with Gasteiger partial charge in [0.1, 0.15) is 5.76 Å². The van der Waals surface area contributed by atoms with Crippen LogP contribution < -0.4 is 5.32 Å². The highest BCUT2D eigenvalue weighted by Crippen LogP contribution is 2.26. The molecule has 126 valence electrons. The zero-order valence-electron chi connectivity index (χ0n) is 13.8. The van der Waals surface area contributed by atoms with Gasteiger partial charge in [0, 0.05) is 7.05 Å². The van der Waals surface area contributed by atoms with Gasteiger partial charge in [-0.1, -0.05) is 11.8 Å². The Hall–Kier alpha value is -2.55. The van der Waals surface area contributed by atoms with E-state index in [1.165, 1.54) is 11.8 Å². The maximum Gasteiger partial charge on any atom is 0.277 e. The molecule has 1 N–H and O–H groups in total. The van der Waals surface area contributed by atoms with E-state index in [1.54, 1.807) is 17.0 Å². The van der Waals surface area contributed by atoms with Gasteiger partial charge < -0.3 is 14.2 Å². The van der Waals surface area contributed by atoms with Crippen molar-refractivity contribution in [1.82, 2.24) is 20.0 Å². The molecule has 0 saturated carbocycles. The van der Waals surface area contributed by atoms with Crippen LogP contribution in [0.4, 0.5) is 5.69 Å². The summed E-state index contributed by atoms with van der Waals surface area (Å²) < 4.78 is 12.5. The van der Waals surface area contributed by atoms with Gasteiger partial charge in [-0.3, -0.25) is 9.48 Å². The lowest BCUT2D eigenvalue weighted by Crippen LogP contribution is -2.15. The lowest BCUT2D eigenvalue weighted by Gasteiger charge is -2.04. The fourth-order valence-electron chi connectivity index (χ4n) is 2.24. The highest BCUT2D eigenvalue weighted by atomic mass is 32.2. The van der Waals surface area contributed by atoms with Crippen molar-refractivity contribution in [2.45, 2.75) is 26.0 Å². The van der Waals surface area contributed by atoms with E-state index >= 15 is 0 Å². The number of carbonyl (C=O) groups is 1. The lowest BCUT2D eigenvalue weighted by molar-refractivity contribution is -0.113. The zero-order valence-corrected chi connectivity index (χ0v) is 14.6.